The molecule has 232 valence electrons. The molecule has 0 atom stereocenters. The van der Waals surface area contributed by atoms with Crippen molar-refractivity contribution in [3.05, 3.63) is 78.4 Å². The summed E-state index contributed by atoms with van der Waals surface area (Å²) in [7, 11) is 8.06. The Morgan fingerprint density at radius 2 is 1.89 bits per heavy atom. The van der Waals surface area contributed by atoms with Crippen LogP contribution in [-0.2, 0) is 24.8 Å². The second-order valence-corrected chi connectivity index (χ2v) is 12.1. The van der Waals surface area contributed by atoms with Gasteiger partial charge in [-0.25, -0.2) is 9.97 Å². The molecule has 0 saturated heterocycles. The molecule has 5 aromatic rings. The molecule has 0 radical (unpaired) electrons. The minimum atomic E-state index is -0.269. The topological polar surface area (TPSA) is 96.1 Å². The fraction of sp³-hybridized carbons (Fsp3) is 0.314. The van der Waals surface area contributed by atoms with Crippen LogP contribution >= 0.6 is 0 Å². The van der Waals surface area contributed by atoms with Gasteiger partial charge in [0.15, 0.2) is 0 Å². The van der Waals surface area contributed by atoms with E-state index in [-0.39, 0.29) is 5.91 Å². The monoisotopic (exact) mass is 603 g/mol. The number of hydrogen-bond donors (Lipinski definition) is 2. The number of carbonyl (C=O) groups excluding carboxylic acids is 1. The van der Waals surface area contributed by atoms with Crippen molar-refractivity contribution >= 4 is 39.8 Å². The summed E-state index contributed by atoms with van der Waals surface area (Å²) < 4.78 is 4.19. The Hall–Kier alpha value is -4.96. The van der Waals surface area contributed by atoms with Gasteiger partial charge < -0.3 is 25.0 Å². The smallest absolute Gasteiger partial charge is 0.247 e. The Morgan fingerprint density at radius 1 is 1.07 bits per heavy atom. The Bertz CT molecular complexity index is 1920. The highest BCUT2D eigenvalue weighted by Crippen LogP contribution is 2.40. The molecular weight excluding hydrogens is 562 g/mol. The van der Waals surface area contributed by atoms with Gasteiger partial charge >= 0.3 is 0 Å². The van der Waals surface area contributed by atoms with Crippen molar-refractivity contribution in [1.82, 2.24) is 29.2 Å². The fourth-order valence-corrected chi connectivity index (χ4v) is 6.17. The number of hydrogen-bond acceptors (Lipinski definition) is 7. The molecule has 1 aliphatic rings. The van der Waals surface area contributed by atoms with Gasteiger partial charge in [-0.05, 0) is 70.1 Å². The number of nitrogens with one attached hydrogen (secondary N) is 2. The standard InChI is InChI=1S/C35H41N9O/c1-8-32(45)37-30-18-29(22(2)17-31(30)42(6)16-15-41(4)5)38-35-36-19-26(27-20-43(7)40-23(27)3)33(39-35)28-21-44-14-10-12-24-11-9-13-25(28)34(24)44/h8-9,11,13,17-21H,1,10,12,14-16H2,2-7H3,(H,37,45)(H,36,38,39). The second kappa shape index (κ2) is 12.2. The Balaban J connectivity index is 1.45. The average Bonchev–Trinajstić information content (AvgIpc) is 3.57. The van der Waals surface area contributed by atoms with Gasteiger partial charge in [0.25, 0.3) is 0 Å². The SMILES string of the molecule is C=CC(=O)Nc1cc(Nc2ncc(-c3cn(C)nc3C)c(-c3cn4c5c(cccc35)CCC4)n2)c(C)cc1N(C)CCN(C)C. The molecule has 1 aliphatic heterocycles. The van der Waals surface area contributed by atoms with Gasteiger partial charge in [0.05, 0.1) is 28.3 Å². The van der Waals surface area contributed by atoms with Crippen molar-refractivity contribution < 1.29 is 4.79 Å². The van der Waals surface area contributed by atoms with Crippen LogP contribution in [0.1, 0.15) is 23.2 Å². The normalized spacial score (nSPS) is 12.5. The van der Waals surface area contributed by atoms with E-state index >= 15 is 0 Å². The van der Waals surface area contributed by atoms with Crippen molar-refractivity contribution in [2.24, 2.45) is 7.05 Å². The molecule has 6 rings (SSSR count). The number of aromatic nitrogens is 5. The molecule has 45 heavy (non-hydrogen) atoms. The largest absolute Gasteiger partial charge is 0.372 e. The molecule has 2 N–H and O–H groups in total. The lowest BCUT2D eigenvalue weighted by Gasteiger charge is -2.25. The molecule has 0 bridgehead atoms. The molecule has 10 heteroatoms. The third-order valence-corrected chi connectivity index (χ3v) is 8.50. The maximum Gasteiger partial charge on any atom is 0.247 e. The minimum Gasteiger partial charge on any atom is -0.372 e. The number of benzene rings is 2. The maximum absolute atomic E-state index is 12.4. The van der Waals surface area contributed by atoms with Crippen LogP contribution in [0.3, 0.4) is 0 Å². The first-order chi connectivity index (χ1) is 21.6. The van der Waals surface area contributed by atoms with E-state index in [0.29, 0.717) is 11.6 Å². The number of nitrogens with zero attached hydrogens (tertiary/aromatic N) is 7. The van der Waals surface area contributed by atoms with Gasteiger partial charge in [0.1, 0.15) is 0 Å². The predicted molar refractivity (Wildman–Crippen MR) is 183 cm³/mol. The van der Waals surface area contributed by atoms with Gasteiger partial charge in [0, 0.05) is 80.1 Å². The number of carbonyl (C=O) groups is 1. The molecule has 4 heterocycles. The summed E-state index contributed by atoms with van der Waals surface area (Å²) >= 11 is 0. The lowest BCUT2D eigenvalue weighted by atomic mass is 9.98. The van der Waals surface area contributed by atoms with Crippen LogP contribution in [0.4, 0.5) is 23.0 Å². The number of rotatable bonds is 10. The van der Waals surface area contributed by atoms with Crippen molar-refractivity contribution in [1.29, 1.82) is 0 Å². The summed E-state index contributed by atoms with van der Waals surface area (Å²) in [6.45, 7) is 10.4. The number of amides is 1. The van der Waals surface area contributed by atoms with E-state index in [1.165, 1.54) is 22.5 Å². The zero-order valence-corrected chi connectivity index (χ0v) is 27.0. The summed E-state index contributed by atoms with van der Waals surface area (Å²) in [5.74, 6) is 0.204. The molecule has 10 nitrogen and oxygen atoms in total. The van der Waals surface area contributed by atoms with E-state index in [1.54, 1.807) is 0 Å². The summed E-state index contributed by atoms with van der Waals surface area (Å²) in [6.07, 6.45) is 9.63. The van der Waals surface area contributed by atoms with E-state index in [1.807, 2.05) is 65.2 Å². The zero-order valence-electron chi connectivity index (χ0n) is 27.0. The van der Waals surface area contributed by atoms with Crippen LogP contribution < -0.4 is 15.5 Å². The van der Waals surface area contributed by atoms with Crippen LogP contribution in [-0.4, -0.2) is 69.4 Å². The van der Waals surface area contributed by atoms with E-state index < -0.39 is 0 Å². The molecule has 0 unspecified atom stereocenters. The van der Waals surface area contributed by atoms with Crippen molar-refractivity contribution in [3.63, 3.8) is 0 Å². The van der Waals surface area contributed by atoms with Crippen LogP contribution in [0, 0.1) is 13.8 Å². The minimum absolute atomic E-state index is 0.269. The van der Waals surface area contributed by atoms with E-state index in [9.17, 15) is 4.79 Å². The van der Waals surface area contributed by atoms with Crippen LogP contribution in [0.25, 0.3) is 33.3 Å². The summed E-state index contributed by atoms with van der Waals surface area (Å²) in [6, 6.07) is 10.6. The van der Waals surface area contributed by atoms with Gasteiger partial charge in [0.2, 0.25) is 11.9 Å². The molecule has 1 amide bonds. The third kappa shape index (κ3) is 5.93. The molecule has 0 fully saturated rings. The third-order valence-electron chi connectivity index (χ3n) is 8.50. The quantitative estimate of drug-likeness (QED) is 0.191. The van der Waals surface area contributed by atoms with Crippen LogP contribution in [0.5, 0.6) is 0 Å². The molecule has 0 spiro atoms. The summed E-state index contributed by atoms with van der Waals surface area (Å²) in [5, 5.41) is 12.3. The first-order valence-electron chi connectivity index (χ1n) is 15.3. The highest BCUT2D eigenvalue weighted by molar-refractivity contribution is 6.02. The van der Waals surface area contributed by atoms with E-state index in [4.69, 9.17) is 9.97 Å². The summed E-state index contributed by atoms with van der Waals surface area (Å²) in [5.41, 5.74) is 10.9. The molecule has 0 aliphatic carbocycles. The molecule has 0 saturated carbocycles. The Kier molecular flexibility index (Phi) is 8.16. The summed E-state index contributed by atoms with van der Waals surface area (Å²) in [4.78, 5) is 26.7. The van der Waals surface area contributed by atoms with Gasteiger partial charge in [-0.15, -0.1) is 0 Å². The molecule has 2 aromatic carbocycles. The lowest BCUT2D eigenvalue weighted by Crippen LogP contribution is -2.29. The second-order valence-electron chi connectivity index (χ2n) is 12.1. The fourth-order valence-electron chi connectivity index (χ4n) is 6.17. The van der Waals surface area contributed by atoms with Gasteiger partial charge in [-0.3, -0.25) is 9.48 Å². The van der Waals surface area contributed by atoms with E-state index in [0.717, 1.165) is 77.5 Å². The number of para-hydroxylation sites is 1. The Labute approximate surface area is 264 Å². The van der Waals surface area contributed by atoms with Crippen molar-refractivity contribution in [2.75, 3.05) is 49.8 Å². The molecule has 3 aromatic heterocycles. The maximum atomic E-state index is 12.4. The first-order valence-corrected chi connectivity index (χ1v) is 15.3. The molecular formula is C35H41N9O. The Morgan fingerprint density at radius 3 is 2.62 bits per heavy atom. The number of aryl methyl sites for hydroxylation is 5. The zero-order chi connectivity index (χ0) is 31.8. The van der Waals surface area contributed by atoms with Crippen LogP contribution in [0.2, 0.25) is 0 Å². The number of anilines is 4. The highest BCUT2D eigenvalue weighted by atomic mass is 16.1. The lowest BCUT2D eigenvalue weighted by molar-refractivity contribution is -0.111. The van der Waals surface area contributed by atoms with Crippen molar-refractivity contribution in [3.8, 4) is 22.4 Å². The van der Waals surface area contributed by atoms with Gasteiger partial charge in [-0.2, -0.15) is 5.10 Å². The number of likely N-dealkylation sites (N-methyl/N-ethyl adjacent to an activating group) is 2. The van der Waals surface area contributed by atoms with Crippen LogP contribution in [0.15, 0.2) is 61.6 Å². The van der Waals surface area contributed by atoms with Gasteiger partial charge in [-0.1, -0.05) is 24.8 Å². The predicted octanol–water partition coefficient (Wildman–Crippen LogP) is 5.93. The first kappa shape index (κ1) is 30.1. The highest BCUT2D eigenvalue weighted by Gasteiger charge is 2.23. The average molecular weight is 604 g/mol. The van der Waals surface area contributed by atoms with Crippen molar-refractivity contribution in [2.45, 2.75) is 33.2 Å². The van der Waals surface area contributed by atoms with E-state index in [2.05, 4.69) is 67.1 Å².